The lowest BCUT2D eigenvalue weighted by Crippen LogP contribution is -2.23. The predicted octanol–water partition coefficient (Wildman–Crippen LogP) is 7.69. The smallest absolute Gasteiger partial charge is 0.340 e. The van der Waals surface area contributed by atoms with Crippen LogP contribution in [0.4, 0.5) is 0 Å². The zero-order valence-electron chi connectivity index (χ0n) is 19.8. The lowest BCUT2D eigenvalue weighted by molar-refractivity contribution is -0.146. The van der Waals surface area contributed by atoms with E-state index in [1.54, 1.807) is 6.07 Å². The van der Waals surface area contributed by atoms with Gasteiger partial charge in [0.1, 0.15) is 6.61 Å². The second kappa shape index (κ2) is 10.3. The molecule has 3 aromatic carbocycles. The molecule has 4 aromatic rings. The highest BCUT2D eigenvalue weighted by Gasteiger charge is 2.52. The highest BCUT2D eigenvalue weighted by Crippen LogP contribution is 2.49. The zero-order chi connectivity index (χ0) is 25.1. The summed E-state index contributed by atoms with van der Waals surface area (Å²) < 4.78 is 11.3. The minimum atomic E-state index is -0.470. The van der Waals surface area contributed by atoms with E-state index in [2.05, 4.69) is 0 Å². The van der Waals surface area contributed by atoms with Gasteiger partial charge in [-0.05, 0) is 53.6 Å². The maximum atomic E-state index is 12.8. The lowest BCUT2D eigenvalue weighted by atomic mass is 9.93. The van der Waals surface area contributed by atoms with Gasteiger partial charge in [-0.15, -0.1) is 11.3 Å². The normalized spacial score (nSPS) is 13.7. The quantitative estimate of drug-likeness (QED) is 0.225. The van der Waals surface area contributed by atoms with Crippen molar-refractivity contribution >= 4 is 34.9 Å². The monoisotopic (exact) mass is 516 g/mol. The van der Waals surface area contributed by atoms with Crippen molar-refractivity contribution in [3.8, 4) is 21.6 Å². The van der Waals surface area contributed by atoms with Crippen molar-refractivity contribution in [2.75, 3.05) is 6.61 Å². The first-order valence-electron chi connectivity index (χ1n) is 11.9. The maximum absolute atomic E-state index is 12.8. The molecule has 0 aliphatic heterocycles. The molecular formula is C30H25ClO4S. The van der Waals surface area contributed by atoms with Gasteiger partial charge in [-0.25, -0.2) is 4.79 Å². The van der Waals surface area contributed by atoms with Crippen LogP contribution >= 0.6 is 22.9 Å². The van der Waals surface area contributed by atoms with E-state index in [1.165, 1.54) is 11.3 Å². The standard InChI is InChI=1S/C30H25ClO4S/c1-2-34-29(33)30(16-17-30)24-14-12-22(13-15-24)21-8-10-23(11-9-21)27-25(18-26(31)36-27)28(32)35-19-20-6-4-3-5-7-20/h3-15,18H,2,16-17,19H2,1H3. The Morgan fingerprint density at radius 1 is 0.861 bits per heavy atom. The number of carbonyl (C=O) groups excluding carboxylic acids is 2. The number of benzene rings is 3. The van der Waals surface area contributed by atoms with E-state index in [0.29, 0.717) is 16.5 Å². The Morgan fingerprint density at radius 2 is 1.47 bits per heavy atom. The molecule has 0 radical (unpaired) electrons. The van der Waals surface area contributed by atoms with Gasteiger partial charge in [0.25, 0.3) is 0 Å². The fourth-order valence-corrected chi connectivity index (χ4v) is 5.55. The van der Waals surface area contributed by atoms with Gasteiger partial charge in [-0.3, -0.25) is 4.79 Å². The van der Waals surface area contributed by atoms with Crippen LogP contribution in [0, 0.1) is 0 Å². The third-order valence-electron chi connectivity index (χ3n) is 6.47. The van der Waals surface area contributed by atoms with Crippen LogP contribution in [0.5, 0.6) is 0 Å². The number of thiophene rings is 1. The first kappa shape index (κ1) is 24.3. The van der Waals surface area contributed by atoms with Crippen molar-refractivity contribution in [1.82, 2.24) is 0 Å². The van der Waals surface area contributed by atoms with E-state index in [-0.39, 0.29) is 12.6 Å². The fraction of sp³-hybridized carbons (Fsp3) is 0.200. The molecule has 0 N–H and O–H groups in total. The van der Waals surface area contributed by atoms with Gasteiger partial charge < -0.3 is 9.47 Å². The minimum absolute atomic E-state index is 0.130. The van der Waals surface area contributed by atoms with Crippen molar-refractivity contribution in [3.63, 3.8) is 0 Å². The summed E-state index contributed by atoms with van der Waals surface area (Å²) >= 11 is 7.64. The van der Waals surface area contributed by atoms with Gasteiger partial charge in [0.15, 0.2) is 0 Å². The maximum Gasteiger partial charge on any atom is 0.340 e. The Morgan fingerprint density at radius 3 is 2.08 bits per heavy atom. The molecule has 0 amide bonds. The molecule has 1 aliphatic carbocycles. The molecule has 182 valence electrons. The molecule has 1 aliphatic rings. The number of ether oxygens (including phenoxy) is 2. The molecular weight excluding hydrogens is 492 g/mol. The van der Waals surface area contributed by atoms with Crippen LogP contribution in [0.3, 0.4) is 0 Å². The second-order valence-corrected chi connectivity index (χ2v) is 10.5. The van der Waals surface area contributed by atoms with Gasteiger partial charge in [0, 0.05) is 0 Å². The fourth-order valence-electron chi connectivity index (χ4n) is 4.33. The number of hydrogen-bond acceptors (Lipinski definition) is 5. The highest BCUT2D eigenvalue weighted by atomic mass is 35.5. The first-order valence-corrected chi connectivity index (χ1v) is 13.1. The molecule has 6 heteroatoms. The van der Waals surface area contributed by atoms with Crippen LogP contribution in [-0.4, -0.2) is 18.5 Å². The van der Waals surface area contributed by atoms with Gasteiger partial charge in [0.05, 0.1) is 26.8 Å². The second-order valence-electron chi connectivity index (χ2n) is 8.81. The Balaban J connectivity index is 1.32. The molecule has 0 unspecified atom stereocenters. The SMILES string of the molecule is CCOC(=O)C1(c2ccc(-c3ccc(-c4sc(Cl)cc4C(=O)OCc4ccccc4)cc3)cc2)CC1. The number of rotatable bonds is 8. The Bertz CT molecular complexity index is 1370. The number of hydrogen-bond donors (Lipinski definition) is 0. The third-order valence-corrected chi connectivity index (χ3v) is 7.78. The summed E-state index contributed by atoms with van der Waals surface area (Å²) in [5.41, 5.74) is 4.93. The van der Waals surface area contributed by atoms with Crippen LogP contribution < -0.4 is 0 Å². The average Bonchev–Trinajstić information content (AvgIpc) is 3.64. The van der Waals surface area contributed by atoms with Gasteiger partial charge in [-0.1, -0.05) is 90.5 Å². The average molecular weight is 517 g/mol. The van der Waals surface area contributed by atoms with E-state index in [4.69, 9.17) is 21.1 Å². The van der Waals surface area contributed by atoms with Crippen LogP contribution in [0.2, 0.25) is 4.34 Å². The number of carbonyl (C=O) groups is 2. The molecule has 0 bridgehead atoms. The van der Waals surface area contributed by atoms with Crippen LogP contribution in [0.25, 0.3) is 21.6 Å². The molecule has 1 fully saturated rings. The molecule has 1 aromatic heterocycles. The van der Waals surface area contributed by atoms with Crippen LogP contribution in [0.15, 0.2) is 84.9 Å². The van der Waals surface area contributed by atoms with E-state index < -0.39 is 11.4 Å². The summed E-state index contributed by atoms with van der Waals surface area (Å²) in [5, 5.41) is 0. The van der Waals surface area contributed by atoms with Crippen LogP contribution in [-0.2, 0) is 26.3 Å². The number of esters is 2. The topological polar surface area (TPSA) is 52.6 Å². The molecule has 0 saturated heterocycles. The molecule has 5 rings (SSSR count). The van der Waals surface area contributed by atoms with E-state index in [0.717, 1.165) is 45.5 Å². The molecule has 0 spiro atoms. The molecule has 1 heterocycles. The van der Waals surface area contributed by atoms with Gasteiger partial charge >= 0.3 is 11.9 Å². The van der Waals surface area contributed by atoms with Crippen LogP contribution in [0.1, 0.15) is 41.3 Å². The summed E-state index contributed by atoms with van der Waals surface area (Å²) in [6, 6.07) is 27.4. The lowest BCUT2D eigenvalue weighted by Gasteiger charge is -2.14. The van der Waals surface area contributed by atoms with Gasteiger partial charge in [0.2, 0.25) is 0 Å². The summed E-state index contributed by atoms with van der Waals surface area (Å²) in [5.74, 6) is -0.526. The Kier molecular flexibility index (Phi) is 6.95. The molecule has 36 heavy (non-hydrogen) atoms. The largest absolute Gasteiger partial charge is 0.465 e. The summed E-state index contributed by atoms with van der Waals surface area (Å²) in [7, 11) is 0. The predicted molar refractivity (Wildman–Crippen MR) is 143 cm³/mol. The summed E-state index contributed by atoms with van der Waals surface area (Å²) in [4.78, 5) is 26.0. The summed E-state index contributed by atoms with van der Waals surface area (Å²) in [6.45, 7) is 2.44. The van der Waals surface area contributed by atoms with E-state index in [9.17, 15) is 9.59 Å². The molecule has 1 saturated carbocycles. The van der Waals surface area contributed by atoms with E-state index >= 15 is 0 Å². The van der Waals surface area contributed by atoms with Crippen molar-refractivity contribution in [3.05, 3.63) is 106 Å². The Hall–Kier alpha value is -3.41. The zero-order valence-corrected chi connectivity index (χ0v) is 21.4. The van der Waals surface area contributed by atoms with Crippen molar-refractivity contribution in [2.24, 2.45) is 0 Å². The number of halogens is 1. The molecule has 4 nitrogen and oxygen atoms in total. The minimum Gasteiger partial charge on any atom is -0.465 e. The van der Waals surface area contributed by atoms with Gasteiger partial charge in [-0.2, -0.15) is 0 Å². The first-order chi connectivity index (χ1) is 17.5. The third kappa shape index (κ3) is 4.95. The molecule has 0 atom stereocenters. The van der Waals surface area contributed by atoms with E-state index in [1.807, 2.05) is 85.8 Å². The van der Waals surface area contributed by atoms with Crippen molar-refractivity contribution in [2.45, 2.75) is 31.8 Å². The summed E-state index contributed by atoms with van der Waals surface area (Å²) in [6.07, 6.45) is 1.67. The highest BCUT2D eigenvalue weighted by molar-refractivity contribution is 7.19. The van der Waals surface area contributed by atoms with Crippen molar-refractivity contribution in [1.29, 1.82) is 0 Å². The van der Waals surface area contributed by atoms with Crippen molar-refractivity contribution < 1.29 is 19.1 Å². The Labute approximate surface area is 219 Å².